The third-order valence-corrected chi connectivity index (χ3v) is 7.85. The monoisotopic (exact) mass is 584 g/mol. The van der Waals surface area contributed by atoms with Crippen molar-refractivity contribution >= 4 is 34.0 Å². The third-order valence-electron chi connectivity index (χ3n) is 7.85. The van der Waals surface area contributed by atoms with Gasteiger partial charge in [0, 0.05) is 51.4 Å². The Kier molecular flexibility index (Phi) is 10.3. The number of nitrogens with zero attached hydrogens (tertiary/aromatic N) is 2. The summed E-state index contributed by atoms with van der Waals surface area (Å²) in [4.78, 5) is 20.9. The molecule has 2 fully saturated rings. The molecule has 1 heterocycles. The summed E-state index contributed by atoms with van der Waals surface area (Å²) in [7, 11) is 0. The van der Waals surface area contributed by atoms with E-state index in [-0.39, 0.29) is 39.3 Å². The van der Waals surface area contributed by atoms with Gasteiger partial charge in [-0.3, -0.25) is 14.8 Å². The van der Waals surface area contributed by atoms with Crippen molar-refractivity contribution in [3.63, 3.8) is 0 Å². The van der Waals surface area contributed by atoms with Crippen molar-refractivity contribution in [1.82, 2.24) is 9.97 Å². The fourth-order valence-corrected chi connectivity index (χ4v) is 5.72. The van der Waals surface area contributed by atoms with Crippen LogP contribution in [0.2, 0.25) is 0 Å². The molecule has 1 radical (unpaired) electrons. The van der Waals surface area contributed by atoms with Gasteiger partial charge in [-0.25, -0.2) is 0 Å². The summed E-state index contributed by atoms with van der Waals surface area (Å²) in [6.45, 7) is 0.0641. The van der Waals surface area contributed by atoms with Crippen LogP contribution in [0.25, 0.3) is 10.9 Å². The number of aliphatic hydroxyl groups is 1. The van der Waals surface area contributed by atoms with E-state index in [1.54, 1.807) is 6.07 Å². The van der Waals surface area contributed by atoms with Crippen LogP contribution in [-0.4, -0.2) is 27.6 Å². The molecule has 2 aliphatic rings. The number of carbonyl (C=O) groups excluding carboxylic acids is 1. The summed E-state index contributed by atoms with van der Waals surface area (Å²) in [6.07, 6.45) is 14.9. The van der Waals surface area contributed by atoms with Crippen LogP contribution in [0.4, 0.5) is 17.2 Å². The molecule has 0 spiro atoms. The average Bonchev–Trinajstić information content (AvgIpc) is 3.69. The summed E-state index contributed by atoms with van der Waals surface area (Å²) in [6, 6.07) is 15.7. The summed E-state index contributed by atoms with van der Waals surface area (Å²) < 4.78 is 0. The Labute approximate surface area is 250 Å². The Balaban J connectivity index is 0.00000336. The zero-order valence-corrected chi connectivity index (χ0v) is 24.8. The molecule has 5 rings (SSSR count). The number of fused-ring (bicyclic) bond motifs is 1. The first-order chi connectivity index (χ1) is 18.2. The number of rotatable bonds is 7. The normalized spacial score (nSPS) is 16.8. The number of benzene rings is 2. The predicted molar refractivity (Wildman–Crippen MR) is 148 cm³/mol. The number of aliphatic hydroxyl groups excluding tert-OH is 1. The van der Waals surface area contributed by atoms with E-state index in [0.717, 1.165) is 17.1 Å². The number of amides is 1. The van der Waals surface area contributed by atoms with Gasteiger partial charge in [0.25, 0.3) is 5.91 Å². The molecule has 3 aromatic rings. The molecule has 3 N–H and O–H groups in total. The second-order valence-corrected chi connectivity index (χ2v) is 10.3. The zero-order valence-electron chi connectivity index (χ0n) is 21.9. The standard InChI is InChI=1S/C31H35N4O2.Y/c36-20-8-4-7-11-29(37)34-26-16-17-28-27(21-26)30(33-22-32-28)35-25-14-12-24(13-15-25)31(18-19-31)23-9-5-2-1-3-6-10-23;/h12-17,22-23,36H,1-6,8-10,18-20H2,(H,34,37)(H,32,33,35);/q-1;. The number of anilines is 3. The Hall–Kier alpha value is -2.33. The summed E-state index contributed by atoms with van der Waals surface area (Å²) in [5.41, 5.74) is 4.08. The van der Waals surface area contributed by atoms with Crippen LogP contribution < -0.4 is 10.6 Å². The fourth-order valence-electron chi connectivity index (χ4n) is 5.72. The van der Waals surface area contributed by atoms with Gasteiger partial charge in [0.15, 0.2) is 0 Å². The van der Waals surface area contributed by atoms with Crippen LogP contribution in [-0.2, 0) is 42.9 Å². The molecule has 7 heteroatoms. The van der Waals surface area contributed by atoms with E-state index in [4.69, 9.17) is 5.11 Å². The number of hydrogen-bond acceptors (Lipinski definition) is 5. The second kappa shape index (κ2) is 13.6. The van der Waals surface area contributed by atoms with Gasteiger partial charge in [-0.1, -0.05) is 55.5 Å². The first-order valence-electron chi connectivity index (χ1n) is 13.6. The summed E-state index contributed by atoms with van der Waals surface area (Å²) in [5.74, 6) is 6.36. The van der Waals surface area contributed by atoms with Gasteiger partial charge in [0.1, 0.15) is 0 Å². The minimum atomic E-state index is -0.409. The predicted octanol–water partition coefficient (Wildman–Crippen LogP) is 6.28. The van der Waals surface area contributed by atoms with Crippen LogP contribution >= 0.6 is 0 Å². The van der Waals surface area contributed by atoms with Crippen molar-refractivity contribution in [2.45, 2.75) is 76.0 Å². The van der Waals surface area contributed by atoms with E-state index in [1.807, 2.05) is 6.07 Å². The number of hydrogen-bond donors (Lipinski definition) is 3. The molecule has 6 nitrogen and oxygen atoms in total. The summed E-state index contributed by atoms with van der Waals surface area (Å²) >= 11 is 0. The number of nitrogens with one attached hydrogen (secondary N) is 2. The molecular weight excluding hydrogens is 549 g/mol. The maximum absolute atomic E-state index is 12.1. The molecule has 38 heavy (non-hydrogen) atoms. The fraction of sp³-hybridized carbons (Fsp3) is 0.452. The molecule has 0 unspecified atom stereocenters. The van der Waals surface area contributed by atoms with Gasteiger partial charge in [-0.2, -0.15) is 0 Å². The van der Waals surface area contributed by atoms with Crippen LogP contribution in [0.3, 0.4) is 0 Å². The average molecular weight is 585 g/mol. The Morgan fingerprint density at radius 3 is 2.47 bits per heavy atom. The Morgan fingerprint density at radius 2 is 1.76 bits per heavy atom. The molecule has 2 aliphatic carbocycles. The molecule has 0 aliphatic heterocycles. The van der Waals surface area contributed by atoms with Gasteiger partial charge in [-0.15, -0.1) is 18.2 Å². The minimum Gasteiger partial charge on any atom is -0.396 e. The van der Waals surface area contributed by atoms with E-state index in [2.05, 4.69) is 62.8 Å². The maximum atomic E-state index is 12.1. The molecule has 1 amide bonds. The van der Waals surface area contributed by atoms with Crippen LogP contribution in [0.15, 0.2) is 42.7 Å². The van der Waals surface area contributed by atoms with Gasteiger partial charge < -0.3 is 15.7 Å². The minimum absolute atomic E-state index is 0. The summed E-state index contributed by atoms with van der Waals surface area (Å²) in [5, 5.41) is 15.7. The van der Waals surface area contributed by atoms with Crippen molar-refractivity contribution < 1.29 is 42.6 Å². The van der Waals surface area contributed by atoms with Gasteiger partial charge in [-0.05, 0) is 78.3 Å². The van der Waals surface area contributed by atoms with E-state index in [1.165, 1.54) is 69.7 Å². The topological polar surface area (TPSA) is 87.1 Å². The third kappa shape index (κ3) is 7.00. The smallest absolute Gasteiger partial charge is 0.298 e. The molecule has 1 aromatic heterocycles. The Bertz CT molecular complexity index is 1290. The van der Waals surface area contributed by atoms with Crippen molar-refractivity contribution in [2.75, 3.05) is 17.2 Å². The van der Waals surface area contributed by atoms with E-state index < -0.39 is 5.91 Å². The molecule has 0 bridgehead atoms. The van der Waals surface area contributed by atoms with Gasteiger partial charge >= 0.3 is 0 Å². The van der Waals surface area contributed by atoms with E-state index >= 15 is 0 Å². The zero-order chi connectivity index (χ0) is 25.5. The Morgan fingerprint density at radius 1 is 1.03 bits per heavy atom. The molecular formula is C31H35N4O2Y-. The van der Waals surface area contributed by atoms with Crippen LogP contribution in [0.1, 0.15) is 76.2 Å². The largest absolute Gasteiger partial charge is 0.396 e. The quantitative estimate of drug-likeness (QED) is 0.173. The number of carbonyl (C=O) groups is 1. The van der Waals surface area contributed by atoms with Crippen molar-refractivity contribution in [3.8, 4) is 11.8 Å². The molecule has 2 aromatic carbocycles. The first kappa shape index (κ1) is 28.7. The molecule has 2 saturated carbocycles. The van der Waals surface area contributed by atoms with Gasteiger partial charge in [0.2, 0.25) is 0 Å². The number of unbranched alkanes of at least 4 members (excludes halogenated alkanes) is 1. The van der Waals surface area contributed by atoms with Gasteiger partial charge in [0.05, 0.1) is 12.1 Å². The number of aromatic nitrogens is 2. The van der Waals surface area contributed by atoms with E-state index in [9.17, 15) is 4.79 Å². The first-order valence-corrected chi connectivity index (χ1v) is 13.6. The van der Waals surface area contributed by atoms with Crippen molar-refractivity contribution in [1.29, 1.82) is 0 Å². The maximum Gasteiger partial charge on any atom is 0.298 e. The molecule has 0 saturated heterocycles. The van der Waals surface area contributed by atoms with Crippen molar-refractivity contribution in [2.24, 2.45) is 5.92 Å². The van der Waals surface area contributed by atoms with Crippen molar-refractivity contribution in [3.05, 3.63) is 54.4 Å². The molecule has 195 valence electrons. The van der Waals surface area contributed by atoms with E-state index in [0.29, 0.717) is 35.1 Å². The second-order valence-electron chi connectivity index (χ2n) is 10.3. The van der Waals surface area contributed by atoms with Crippen LogP contribution in [0, 0.1) is 23.8 Å². The van der Waals surface area contributed by atoms with Crippen LogP contribution in [0.5, 0.6) is 0 Å². The molecule has 0 atom stereocenters. The SMILES string of the molecule is O=C(C#CCCCO)Nc1[c-]c2c(Nc3ccc(C4(C5CCCCCCC5)CC4)cc3)ncnc2cc1.[Y].